The van der Waals surface area contributed by atoms with Crippen LogP contribution in [0, 0.1) is 0 Å². The lowest BCUT2D eigenvalue weighted by Gasteiger charge is -2.02. The van der Waals surface area contributed by atoms with Crippen LogP contribution in [-0.2, 0) is 0 Å². The van der Waals surface area contributed by atoms with Crippen molar-refractivity contribution in [2.24, 2.45) is 0 Å². The molecule has 0 spiro atoms. The fraction of sp³-hybridized carbons (Fsp3) is 1.00. The summed E-state index contributed by atoms with van der Waals surface area (Å²) in [5, 5.41) is 4.25. The molecule has 0 aliphatic carbocycles. The first-order valence-corrected chi connectivity index (χ1v) is 4.30. The van der Waals surface area contributed by atoms with E-state index in [0.29, 0.717) is 0 Å². The summed E-state index contributed by atoms with van der Waals surface area (Å²) >= 11 is 2.08. The van der Waals surface area contributed by atoms with Crippen LogP contribution in [0.4, 0.5) is 0 Å². The number of rotatable bonds is 2. The maximum absolute atomic E-state index is 3.34. The number of nitrogens with one attached hydrogen (secondary N) is 1. The topological polar surface area (TPSA) is 12.0 Å². The lowest BCUT2D eigenvalue weighted by atomic mass is 10.4. The molecule has 3 heteroatoms. The van der Waals surface area contributed by atoms with Crippen LogP contribution < -0.4 is 5.32 Å². The minimum absolute atomic E-state index is 0. The van der Waals surface area contributed by atoms with E-state index in [1.54, 1.807) is 0 Å². The molecule has 56 valence electrons. The summed E-state index contributed by atoms with van der Waals surface area (Å²) < 4.78 is 0. The molecule has 1 atom stereocenters. The average Bonchev–Trinajstić information content (AvgIpc) is 2.19. The zero-order valence-corrected chi connectivity index (χ0v) is 8.87. The molecular weight excluding hydrogens is 245 g/mol. The van der Waals surface area contributed by atoms with E-state index in [9.17, 15) is 0 Å². The first-order chi connectivity index (χ1) is 3.93. The van der Waals surface area contributed by atoms with E-state index in [2.05, 4.69) is 24.0 Å². The standard InChI is InChI=1S/C6H13NS.HI/c1-2-8-6-3-4-7-5-6;/h6-7H,2-5H2,1H3;1H. The van der Waals surface area contributed by atoms with Crippen LogP contribution in [0.15, 0.2) is 0 Å². The highest BCUT2D eigenvalue weighted by molar-refractivity contribution is 14.0. The van der Waals surface area contributed by atoms with Gasteiger partial charge < -0.3 is 5.32 Å². The maximum atomic E-state index is 3.34. The van der Waals surface area contributed by atoms with Gasteiger partial charge >= 0.3 is 0 Å². The Morgan fingerprint density at radius 3 is 2.89 bits per heavy atom. The summed E-state index contributed by atoms with van der Waals surface area (Å²) in [6.45, 7) is 4.69. The third kappa shape index (κ3) is 3.68. The minimum atomic E-state index is 0. The molecule has 1 nitrogen and oxygen atoms in total. The Morgan fingerprint density at radius 1 is 1.67 bits per heavy atom. The molecule has 9 heavy (non-hydrogen) atoms. The summed E-state index contributed by atoms with van der Waals surface area (Å²) in [6.07, 6.45) is 1.37. The number of halogens is 1. The predicted octanol–water partition coefficient (Wildman–Crippen LogP) is 1.72. The number of thioether (sulfide) groups is 1. The highest BCUT2D eigenvalue weighted by atomic mass is 127. The molecule has 0 bridgehead atoms. The normalized spacial score (nSPS) is 25.7. The Labute approximate surface area is 78.4 Å². The molecule has 1 saturated heterocycles. The van der Waals surface area contributed by atoms with Crippen LogP contribution in [0.25, 0.3) is 0 Å². The fourth-order valence-corrected chi connectivity index (χ4v) is 2.00. The van der Waals surface area contributed by atoms with Gasteiger partial charge in [-0.05, 0) is 18.7 Å². The summed E-state index contributed by atoms with van der Waals surface area (Å²) in [5.74, 6) is 1.27. The summed E-state index contributed by atoms with van der Waals surface area (Å²) in [5.41, 5.74) is 0. The second kappa shape index (κ2) is 5.80. The van der Waals surface area contributed by atoms with Gasteiger partial charge in [-0.15, -0.1) is 24.0 Å². The molecule has 0 aromatic rings. The Bertz CT molecular complexity index is 64.1. The van der Waals surface area contributed by atoms with E-state index in [1.807, 2.05) is 0 Å². The van der Waals surface area contributed by atoms with Gasteiger partial charge in [0.25, 0.3) is 0 Å². The third-order valence-corrected chi connectivity index (χ3v) is 2.62. The van der Waals surface area contributed by atoms with Gasteiger partial charge in [-0.25, -0.2) is 0 Å². The van der Waals surface area contributed by atoms with Gasteiger partial charge in [-0.1, -0.05) is 6.92 Å². The van der Waals surface area contributed by atoms with Gasteiger partial charge in [0.2, 0.25) is 0 Å². The van der Waals surface area contributed by atoms with Crippen LogP contribution >= 0.6 is 35.7 Å². The Hall–Kier alpha value is 1.04. The van der Waals surface area contributed by atoms with Gasteiger partial charge in [0.15, 0.2) is 0 Å². The summed E-state index contributed by atoms with van der Waals surface area (Å²) in [6, 6.07) is 0. The summed E-state index contributed by atoms with van der Waals surface area (Å²) in [7, 11) is 0. The van der Waals surface area contributed by atoms with Crippen molar-refractivity contribution in [2.45, 2.75) is 18.6 Å². The first-order valence-electron chi connectivity index (χ1n) is 3.26. The van der Waals surface area contributed by atoms with Crippen molar-refractivity contribution in [1.29, 1.82) is 0 Å². The monoisotopic (exact) mass is 259 g/mol. The SMILES string of the molecule is CCSC1CCNC1.I. The molecule has 0 saturated carbocycles. The van der Waals surface area contributed by atoms with Gasteiger partial charge in [0.1, 0.15) is 0 Å². The van der Waals surface area contributed by atoms with Crippen LogP contribution in [0.5, 0.6) is 0 Å². The Morgan fingerprint density at radius 2 is 2.44 bits per heavy atom. The molecular formula is C6H14INS. The van der Waals surface area contributed by atoms with Gasteiger partial charge in [-0.3, -0.25) is 0 Å². The maximum Gasteiger partial charge on any atom is 0.0184 e. The zero-order valence-electron chi connectivity index (χ0n) is 5.72. The fourth-order valence-electron chi connectivity index (χ4n) is 1.01. The van der Waals surface area contributed by atoms with Gasteiger partial charge in [0.05, 0.1) is 0 Å². The van der Waals surface area contributed by atoms with E-state index in [-0.39, 0.29) is 24.0 Å². The largest absolute Gasteiger partial charge is 0.316 e. The number of hydrogen-bond donors (Lipinski definition) is 1. The van der Waals surface area contributed by atoms with E-state index < -0.39 is 0 Å². The van der Waals surface area contributed by atoms with Crippen LogP contribution in [0.2, 0.25) is 0 Å². The van der Waals surface area contributed by atoms with E-state index >= 15 is 0 Å². The summed E-state index contributed by atoms with van der Waals surface area (Å²) in [4.78, 5) is 0. The quantitative estimate of drug-likeness (QED) is 0.758. The van der Waals surface area contributed by atoms with E-state index in [1.165, 1.54) is 25.3 Å². The molecule has 0 amide bonds. The minimum Gasteiger partial charge on any atom is -0.316 e. The van der Waals surface area contributed by atoms with Crippen LogP contribution in [0.1, 0.15) is 13.3 Å². The smallest absolute Gasteiger partial charge is 0.0184 e. The highest BCUT2D eigenvalue weighted by Gasteiger charge is 2.12. The van der Waals surface area contributed by atoms with Crippen LogP contribution in [0.3, 0.4) is 0 Å². The lowest BCUT2D eigenvalue weighted by molar-refractivity contribution is 0.858. The highest BCUT2D eigenvalue weighted by Crippen LogP contribution is 2.15. The molecule has 1 heterocycles. The Balaban J connectivity index is 0.000000640. The molecule has 1 N–H and O–H groups in total. The molecule has 0 radical (unpaired) electrons. The van der Waals surface area contributed by atoms with Crippen molar-refractivity contribution in [2.75, 3.05) is 18.8 Å². The van der Waals surface area contributed by atoms with Gasteiger partial charge in [-0.2, -0.15) is 11.8 Å². The van der Waals surface area contributed by atoms with Gasteiger partial charge in [0, 0.05) is 11.8 Å². The van der Waals surface area contributed by atoms with Crippen LogP contribution in [-0.4, -0.2) is 24.1 Å². The van der Waals surface area contributed by atoms with E-state index in [0.717, 1.165) is 5.25 Å². The molecule has 1 unspecified atom stereocenters. The van der Waals surface area contributed by atoms with Crippen molar-refractivity contribution in [1.82, 2.24) is 5.32 Å². The first kappa shape index (κ1) is 10.0. The third-order valence-electron chi connectivity index (χ3n) is 1.42. The molecule has 1 rings (SSSR count). The molecule has 0 aromatic carbocycles. The van der Waals surface area contributed by atoms with Crippen molar-refractivity contribution in [3.8, 4) is 0 Å². The molecule has 1 aliphatic rings. The van der Waals surface area contributed by atoms with Crippen molar-refractivity contribution in [3.63, 3.8) is 0 Å². The van der Waals surface area contributed by atoms with Crippen molar-refractivity contribution >= 4 is 35.7 Å². The lowest BCUT2D eigenvalue weighted by Crippen LogP contribution is -2.10. The van der Waals surface area contributed by atoms with Crippen molar-refractivity contribution in [3.05, 3.63) is 0 Å². The van der Waals surface area contributed by atoms with Crippen molar-refractivity contribution < 1.29 is 0 Å². The Kier molecular flexibility index (Phi) is 6.47. The molecule has 1 aliphatic heterocycles. The van der Waals surface area contributed by atoms with E-state index in [4.69, 9.17) is 0 Å². The number of hydrogen-bond acceptors (Lipinski definition) is 2. The predicted molar refractivity (Wildman–Crippen MR) is 54.8 cm³/mol. The molecule has 0 aromatic heterocycles. The second-order valence-electron chi connectivity index (χ2n) is 2.07. The molecule has 1 fully saturated rings. The second-order valence-corrected chi connectivity index (χ2v) is 3.65. The zero-order chi connectivity index (χ0) is 5.82. The average molecular weight is 259 g/mol.